The van der Waals surface area contributed by atoms with Crippen molar-refractivity contribution in [3.63, 3.8) is 0 Å². The third-order valence-electron chi connectivity index (χ3n) is 4.85. The third-order valence-corrected chi connectivity index (χ3v) is 5.06. The molecule has 5 nitrogen and oxygen atoms in total. The average molecular weight is 341 g/mol. The number of fused-ring (bicyclic) bond motifs is 1. The Balaban J connectivity index is 1.55. The molecule has 0 amide bonds. The van der Waals surface area contributed by atoms with E-state index in [2.05, 4.69) is 39.7 Å². The molecule has 1 aromatic heterocycles. The first-order valence-corrected chi connectivity index (χ1v) is 8.85. The highest BCUT2D eigenvalue weighted by Gasteiger charge is 2.27. The lowest BCUT2D eigenvalue weighted by molar-refractivity contribution is 0.224. The molecule has 1 aromatic carbocycles. The van der Waals surface area contributed by atoms with Gasteiger partial charge >= 0.3 is 0 Å². The Hall–Kier alpha value is -2.08. The van der Waals surface area contributed by atoms with Crippen LogP contribution < -0.4 is 10.7 Å². The quantitative estimate of drug-likeness (QED) is 0.510. The maximum Gasteiger partial charge on any atom is 0.187 e. The Labute approximate surface area is 148 Å². The summed E-state index contributed by atoms with van der Waals surface area (Å²) in [4.78, 5) is 8.86. The zero-order chi connectivity index (χ0) is 16.9. The molecular weight excluding hydrogens is 318 g/mol. The predicted molar refractivity (Wildman–Crippen MR) is 102 cm³/mol. The summed E-state index contributed by atoms with van der Waals surface area (Å²) in [6.07, 6.45) is 7.06. The molecule has 0 saturated heterocycles. The number of hydrogen-bond donors (Lipinski definition) is 2. The summed E-state index contributed by atoms with van der Waals surface area (Å²) < 4.78 is 0. The lowest BCUT2D eigenvalue weighted by Crippen LogP contribution is -2.46. The Morgan fingerprint density at radius 1 is 1.25 bits per heavy atom. The Morgan fingerprint density at radius 3 is 2.88 bits per heavy atom. The minimum absolute atomic E-state index is 0.421. The van der Waals surface area contributed by atoms with Crippen LogP contribution in [0.25, 0.3) is 11.0 Å². The number of aromatic nitrogens is 2. The van der Waals surface area contributed by atoms with Crippen LogP contribution in [-0.4, -0.2) is 27.3 Å². The SMILES string of the molecule is C[C@@H]1[C@@H](C)CCC[C@H]1NC(=S)N/N=C\c1cnc2ccccc2n1. The largest absolute Gasteiger partial charge is 0.358 e. The molecule has 1 aliphatic rings. The fourth-order valence-corrected chi connectivity index (χ4v) is 3.38. The van der Waals surface area contributed by atoms with Crippen LogP contribution in [0.3, 0.4) is 0 Å². The van der Waals surface area contributed by atoms with Gasteiger partial charge < -0.3 is 5.32 Å². The maximum absolute atomic E-state index is 5.35. The second kappa shape index (κ2) is 7.66. The minimum Gasteiger partial charge on any atom is -0.358 e. The van der Waals surface area contributed by atoms with Gasteiger partial charge in [0.15, 0.2) is 5.11 Å². The van der Waals surface area contributed by atoms with Crippen LogP contribution in [0.1, 0.15) is 38.8 Å². The first-order chi connectivity index (χ1) is 11.6. The lowest BCUT2D eigenvalue weighted by atomic mass is 9.78. The smallest absolute Gasteiger partial charge is 0.187 e. The molecule has 0 spiro atoms. The van der Waals surface area contributed by atoms with Gasteiger partial charge in [-0.15, -0.1) is 0 Å². The van der Waals surface area contributed by atoms with Crippen molar-refractivity contribution >= 4 is 34.6 Å². The summed E-state index contributed by atoms with van der Waals surface area (Å²) in [5.74, 6) is 1.35. The van der Waals surface area contributed by atoms with Crippen molar-refractivity contribution in [2.45, 2.75) is 39.2 Å². The maximum atomic E-state index is 5.35. The summed E-state index contributed by atoms with van der Waals surface area (Å²) in [6.45, 7) is 4.60. The van der Waals surface area contributed by atoms with E-state index in [1.165, 1.54) is 12.8 Å². The van der Waals surface area contributed by atoms with Crippen LogP contribution in [0.2, 0.25) is 0 Å². The van der Waals surface area contributed by atoms with Crippen LogP contribution in [0.5, 0.6) is 0 Å². The molecule has 6 heteroatoms. The fourth-order valence-electron chi connectivity index (χ4n) is 3.18. The standard InChI is InChI=1S/C18H23N5S/c1-12-6-5-9-15(13(12)2)22-18(24)23-20-11-14-10-19-16-7-3-4-8-17(16)21-14/h3-4,7-8,10-13,15H,5-6,9H2,1-2H3,(H2,22,23,24)/b20-11-/t12-,13+,15+/m0/s1. The van der Waals surface area contributed by atoms with E-state index in [9.17, 15) is 0 Å². The molecule has 0 bridgehead atoms. The van der Waals surface area contributed by atoms with Crippen LogP contribution >= 0.6 is 12.2 Å². The Bertz CT molecular complexity index is 745. The predicted octanol–water partition coefficient (Wildman–Crippen LogP) is 3.25. The van der Waals surface area contributed by atoms with E-state index < -0.39 is 0 Å². The van der Waals surface area contributed by atoms with E-state index >= 15 is 0 Å². The number of hydrogen-bond acceptors (Lipinski definition) is 4. The molecule has 1 fully saturated rings. The summed E-state index contributed by atoms with van der Waals surface area (Å²) in [5.41, 5.74) is 5.31. The molecule has 0 unspecified atom stereocenters. The molecular formula is C18H23N5S. The van der Waals surface area contributed by atoms with E-state index in [1.54, 1.807) is 12.4 Å². The van der Waals surface area contributed by atoms with E-state index in [0.717, 1.165) is 23.4 Å². The molecule has 126 valence electrons. The van der Waals surface area contributed by atoms with E-state index in [4.69, 9.17) is 12.2 Å². The van der Waals surface area contributed by atoms with Gasteiger partial charge in [-0.05, 0) is 42.6 Å². The molecule has 24 heavy (non-hydrogen) atoms. The molecule has 1 aliphatic carbocycles. The van der Waals surface area contributed by atoms with Gasteiger partial charge in [-0.1, -0.05) is 38.8 Å². The molecule has 1 saturated carbocycles. The van der Waals surface area contributed by atoms with Crippen molar-refractivity contribution in [1.82, 2.24) is 20.7 Å². The fraction of sp³-hybridized carbons (Fsp3) is 0.444. The van der Waals surface area contributed by atoms with Gasteiger partial charge in [-0.25, -0.2) is 4.98 Å². The molecule has 1 heterocycles. The summed E-state index contributed by atoms with van der Waals surface area (Å²) in [5, 5.41) is 8.12. The van der Waals surface area contributed by atoms with Gasteiger partial charge in [-0.2, -0.15) is 5.10 Å². The monoisotopic (exact) mass is 341 g/mol. The van der Waals surface area contributed by atoms with Gasteiger partial charge in [0.1, 0.15) is 5.69 Å². The number of nitrogens with zero attached hydrogens (tertiary/aromatic N) is 3. The summed E-state index contributed by atoms with van der Waals surface area (Å²) in [7, 11) is 0. The van der Waals surface area contributed by atoms with Gasteiger partial charge in [0, 0.05) is 6.04 Å². The Kier molecular flexibility index (Phi) is 5.35. The molecule has 0 radical (unpaired) electrons. The highest BCUT2D eigenvalue weighted by atomic mass is 32.1. The van der Waals surface area contributed by atoms with Crippen molar-refractivity contribution in [1.29, 1.82) is 0 Å². The van der Waals surface area contributed by atoms with Crippen molar-refractivity contribution < 1.29 is 0 Å². The number of hydrazone groups is 1. The van der Waals surface area contributed by atoms with E-state index in [-0.39, 0.29) is 0 Å². The average Bonchev–Trinajstić information content (AvgIpc) is 2.59. The topological polar surface area (TPSA) is 62.2 Å². The highest BCUT2D eigenvalue weighted by Crippen LogP contribution is 2.29. The van der Waals surface area contributed by atoms with Gasteiger partial charge in [0.25, 0.3) is 0 Å². The second-order valence-corrected chi connectivity index (χ2v) is 6.91. The van der Waals surface area contributed by atoms with E-state index in [1.807, 2.05) is 24.3 Å². The zero-order valence-electron chi connectivity index (χ0n) is 14.1. The molecule has 2 N–H and O–H groups in total. The van der Waals surface area contributed by atoms with Crippen molar-refractivity contribution in [2.75, 3.05) is 0 Å². The number of rotatable bonds is 3. The molecule has 0 aliphatic heterocycles. The Morgan fingerprint density at radius 2 is 2.04 bits per heavy atom. The summed E-state index contributed by atoms with van der Waals surface area (Å²) in [6, 6.07) is 8.19. The van der Waals surface area contributed by atoms with Gasteiger partial charge in [0.2, 0.25) is 0 Å². The van der Waals surface area contributed by atoms with Crippen LogP contribution in [0, 0.1) is 11.8 Å². The number of nitrogens with one attached hydrogen (secondary N) is 2. The molecule has 2 aromatic rings. The number of benzene rings is 1. The molecule has 3 rings (SSSR count). The lowest BCUT2D eigenvalue weighted by Gasteiger charge is -2.35. The third kappa shape index (κ3) is 4.06. The van der Waals surface area contributed by atoms with Gasteiger partial charge in [0.05, 0.1) is 23.4 Å². The number of para-hydroxylation sites is 2. The minimum atomic E-state index is 0.421. The summed E-state index contributed by atoms with van der Waals surface area (Å²) >= 11 is 5.35. The van der Waals surface area contributed by atoms with Crippen molar-refractivity contribution in [3.05, 3.63) is 36.2 Å². The van der Waals surface area contributed by atoms with Crippen molar-refractivity contribution in [2.24, 2.45) is 16.9 Å². The van der Waals surface area contributed by atoms with E-state index in [0.29, 0.717) is 22.8 Å². The number of thiocarbonyl (C=S) groups is 1. The first kappa shape index (κ1) is 16.8. The zero-order valence-corrected chi connectivity index (χ0v) is 14.9. The van der Waals surface area contributed by atoms with Crippen LogP contribution in [0.4, 0.5) is 0 Å². The second-order valence-electron chi connectivity index (χ2n) is 6.50. The normalized spacial score (nSPS) is 24.2. The van der Waals surface area contributed by atoms with Crippen molar-refractivity contribution in [3.8, 4) is 0 Å². The van der Waals surface area contributed by atoms with Crippen LogP contribution in [-0.2, 0) is 0 Å². The highest BCUT2D eigenvalue weighted by molar-refractivity contribution is 7.80. The van der Waals surface area contributed by atoms with Crippen LogP contribution in [0.15, 0.2) is 35.6 Å². The first-order valence-electron chi connectivity index (χ1n) is 8.45. The van der Waals surface area contributed by atoms with Gasteiger partial charge in [-0.3, -0.25) is 10.4 Å². The molecule has 3 atom stereocenters.